The maximum Gasteiger partial charge on any atom is 0.309 e. The van der Waals surface area contributed by atoms with Crippen molar-refractivity contribution in [3.05, 3.63) is 0 Å². The van der Waals surface area contributed by atoms with Crippen molar-refractivity contribution in [3.63, 3.8) is 0 Å². The third kappa shape index (κ3) is 1.70. The average Bonchev–Trinajstić information content (AvgIpc) is 2.63. The molecule has 1 N–H and O–H groups in total. The van der Waals surface area contributed by atoms with Gasteiger partial charge in [-0.3, -0.25) is 4.79 Å². The first kappa shape index (κ1) is 9.00. The molecule has 0 spiro atoms. The zero-order valence-electron chi connectivity index (χ0n) is 8.08. The molecule has 1 unspecified atom stereocenters. The Hall–Kier alpha value is -0.570. The number of methoxy groups -OCH3 is 1. The van der Waals surface area contributed by atoms with Crippen LogP contribution in [0.5, 0.6) is 0 Å². The van der Waals surface area contributed by atoms with E-state index in [0.717, 1.165) is 18.9 Å². The number of esters is 1. The first-order chi connectivity index (χ1) is 6.31. The van der Waals surface area contributed by atoms with Crippen molar-refractivity contribution >= 4 is 5.97 Å². The topological polar surface area (TPSA) is 38.3 Å². The number of hydrogen-bond donors (Lipinski definition) is 1. The van der Waals surface area contributed by atoms with Crippen LogP contribution in [0.1, 0.15) is 25.7 Å². The normalized spacial score (nSPS) is 38.4. The molecule has 1 saturated heterocycles. The molecular weight excluding hydrogens is 166 g/mol. The van der Waals surface area contributed by atoms with E-state index < -0.39 is 0 Å². The molecular formula is C10H17NO2. The molecule has 0 aromatic rings. The van der Waals surface area contributed by atoms with Gasteiger partial charge < -0.3 is 10.1 Å². The molecule has 1 aliphatic heterocycles. The van der Waals surface area contributed by atoms with Crippen molar-refractivity contribution in [2.24, 2.45) is 11.8 Å². The second-order valence-electron chi connectivity index (χ2n) is 4.16. The van der Waals surface area contributed by atoms with Crippen LogP contribution in [-0.2, 0) is 9.53 Å². The second-order valence-corrected chi connectivity index (χ2v) is 4.16. The molecule has 13 heavy (non-hydrogen) atoms. The highest BCUT2D eigenvalue weighted by Crippen LogP contribution is 2.34. The van der Waals surface area contributed by atoms with E-state index >= 15 is 0 Å². The molecule has 2 fully saturated rings. The number of nitrogens with one attached hydrogen (secondary N) is 1. The van der Waals surface area contributed by atoms with Gasteiger partial charge in [0.25, 0.3) is 0 Å². The lowest BCUT2D eigenvalue weighted by Gasteiger charge is -2.31. The fraction of sp³-hybridized carbons (Fsp3) is 0.900. The smallest absolute Gasteiger partial charge is 0.309 e. The lowest BCUT2D eigenvalue weighted by atomic mass is 9.86. The summed E-state index contributed by atoms with van der Waals surface area (Å²) in [6.45, 7) is 0.813. The standard InChI is InChI=1S/C10H17NO2/c1-13-10(12)8-5-7-3-2-4-9(7)11-6-8/h7-9,11H,2-6H2,1H3/t7-,8?,9-/m0/s1. The van der Waals surface area contributed by atoms with Crippen molar-refractivity contribution in [1.82, 2.24) is 5.32 Å². The summed E-state index contributed by atoms with van der Waals surface area (Å²) in [5.74, 6) is 0.778. The van der Waals surface area contributed by atoms with Crippen molar-refractivity contribution in [1.29, 1.82) is 0 Å². The zero-order chi connectivity index (χ0) is 9.26. The Bertz CT molecular complexity index is 205. The Morgan fingerprint density at radius 2 is 2.31 bits per heavy atom. The lowest BCUT2D eigenvalue weighted by molar-refractivity contribution is -0.146. The van der Waals surface area contributed by atoms with Gasteiger partial charge in [0.2, 0.25) is 0 Å². The van der Waals surface area contributed by atoms with Crippen LogP contribution in [0.2, 0.25) is 0 Å². The maximum absolute atomic E-state index is 11.3. The summed E-state index contributed by atoms with van der Waals surface area (Å²) < 4.78 is 4.76. The Kier molecular flexibility index (Phi) is 2.54. The maximum atomic E-state index is 11.3. The Labute approximate surface area is 78.8 Å². The molecule has 0 radical (unpaired) electrons. The highest BCUT2D eigenvalue weighted by atomic mass is 16.5. The minimum Gasteiger partial charge on any atom is -0.469 e. The SMILES string of the molecule is COC(=O)C1CN[C@H]2CCC[C@H]2C1. The summed E-state index contributed by atoms with van der Waals surface area (Å²) in [6.07, 6.45) is 4.92. The van der Waals surface area contributed by atoms with E-state index in [2.05, 4.69) is 5.32 Å². The first-order valence-corrected chi connectivity index (χ1v) is 5.12. The Morgan fingerprint density at radius 1 is 1.46 bits per heavy atom. The molecule has 2 rings (SSSR count). The van der Waals surface area contributed by atoms with Gasteiger partial charge in [0, 0.05) is 12.6 Å². The number of fused-ring (bicyclic) bond motifs is 1. The predicted octanol–water partition coefficient (Wildman–Crippen LogP) is 0.938. The average molecular weight is 183 g/mol. The molecule has 0 bridgehead atoms. The van der Waals surface area contributed by atoms with Crippen molar-refractivity contribution < 1.29 is 9.53 Å². The fourth-order valence-electron chi connectivity index (χ4n) is 2.68. The summed E-state index contributed by atoms with van der Waals surface area (Å²) in [4.78, 5) is 11.3. The van der Waals surface area contributed by atoms with Gasteiger partial charge in [-0.2, -0.15) is 0 Å². The molecule has 0 aromatic heterocycles. The van der Waals surface area contributed by atoms with E-state index in [-0.39, 0.29) is 11.9 Å². The third-order valence-corrected chi connectivity index (χ3v) is 3.41. The van der Waals surface area contributed by atoms with Crippen LogP contribution in [0, 0.1) is 11.8 Å². The van der Waals surface area contributed by atoms with Crippen LogP contribution in [0.25, 0.3) is 0 Å². The van der Waals surface area contributed by atoms with Crippen LogP contribution in [-0.4, -0.2) is 25.7 Å². The van der Waals surface area contributed by atoms with Gasteiger partial charge in [0.05, 0.1) is 13.0 Å². The van der Waals surface area contributed by atoms with Crippen molar-refractivity contribution in [2.75, 3.05) is 13.7 Å². The van der Waals surface area contributed by atoms with Crippen LogP contribution in [0.4, 0.5) is 0 Å². The minimum absolute atomic E-state index is 0.0437. The zero-order valence-corrected chi connectivity index (χ0v) is 8.08. The van der Waals surface area contributed by atoms with Gasteiger partial charge in [-0.05, 0) is 25.2 Å². The highest BCUT2D eigenvalue weighted by molar-refractivity contribution is 5.72. The van der Waals surface area contributed by atoms with Crippen molar-refractivity contribution in [2.45, 2.75) is 31.7 Å². The summed E-state index contributed by atoms with van der Waals surface area (Å²) in [6, 6.07) is 0.681. The monoisotopic (exact) mass is 183 g/mol. The van der Waals surface area contributed by atoms with Crippen LogP contribution >= 0.6 is 0 Å². The predicted molar refractivity (Wildman–Crippen MR) is 49.3 cm³/mol. The molecule has 3 heteroatoms. The summed E-state index contributed by atoms with van der Waals surface area (Å²) in [5.41, 5.74) is 0. The molecule has 1 aliphatic carbocycles. The van der Waals surface area contributed by atoms with E-state index in [1.54, 1.807) is 0 Å². The Morgan fingerprint density at radius 3 is 3.08 bits per heavy atom. The lowest BCUT2D eigenvalue weighted by Crippen LogP contribution is -2.45. The highest BCUT2D eigenvalue weighted by Gasteiger charge is 2.36. The number of carbonyl (C=O) groups is 1. The number of carbonyl (C=O) groups excluding carboxylic acids is 1. The molecule has 3 atom stereocenters. The molecule has 74 valence electrons. The molecule has 2 aliphatic rings. The van der Waals surface area contributed by atoms with E-state index in [9.17, 15) is 4.79 Å². The van der Waals surface area contributed by atoms with E-state index in [1.165, 1.54) is 26.4 Å². The van der Waals surface area contributed by atoms with Gasteiger partial charge in [-0.25, -0.2) is 0 Å². The van der Waals surface area contributed by atoms with Gasteiger partial charge in [-0.15, -0.1) is 0 Å². The summed E-state index contributed by atoms with van der Waals surface area (Å²) in [5, 5.41) is 3.45. The fourth-order valence-corrected chi connectivity index (χ4v) is 2.68. The Balaban J connectivity index is 1.93. The molecule has 0 aromatic carbocycles. The number of rotatable bonds is 1. The molecule has 1 heterocycles. The molecule has 1 saturated carbocycles. The van der Waals surface area contributed by atoms with E-state index in [1.807, 2.05) is 0 Å². The first-order valence-electron chi connectivity index (χ1n) is 5.12. The summed E-state index contributed by atoms with van der Waals surface area (Å²) >= 11 is 0. The van der Waals surface area contributed by atoms with Crippen LogP contribution in [0.3, 0.4) is 0 Å². The van der Waals surface area contributed by atoms with Gasteiger partial charge in [0.15, 0.2) is 0 Å². The van der Waals surface area contributed by atoms with Crippen LogP contribution in [0.15, 0.2) is 0 Å². The van der Waals surface area contributed by atoms with Gasteiger partial charge >= 0.3 is 5.97 Å². The summed E-state index contributed by atoms with van der Waals surface area (Å²) in [7, 11) is 1.48. The van der Waals surface area contributed by atoms with Crippen molar-refractivity contribution in [3.8, 4) is 0 Å². The molecule has 3 nitrogen and oxygen atoms in total. The quantitative estimate of drug-likeness (QED) is 0.615. The molecule has 0 amide bonds. The third-order valence-electron chi connectivity index (χ3n) is 3.41. The number of piperidine rings is 1. The van der Waals surface area contributed by atoms with E-state index in [4.69, 9.17) is 4.74 Å². The van der Waals surface area contributed by atoms with Gasteiger partial charge in [-0.1, -0.05) is 6.42 Å². The second kappa shape index (κ2) is 3.66. The largest absolute Gasteiger partial charge is 0.469 e. The van der Waals surface area contributed by atoms with Crippen LogP contribution < -0.4 is 5.32 Å². The minimum atomic E-state index is -0.0437. The van der Waals surface area contributed by atoms with E-state index in [0.29, 0.717) is 6.04 Å². The van der Waals surface area contributed by atoms with Gasteiger partial charge in [0.1, 0.15) is 0 Å². The number of ether oxygens (including phenoxy) is 1. The number of hydrogen-bond acceptors (Lipinski definition) is 3.